The molecule has 2 aromatic carbocycles. The van der Waals surface area contributed by atoms with E-state index < -0.39 is 42.4 Å². The van der Waals surface area contributed by atoms with E-state index in [-0.39, 0.29) is 17.9 Å². The van der Waals surface area contributed by atoms with E-state index in [1.54, 1.807) is 30.3 Å². The average molecular weight is 429 g/mol. The summed E-state index contributed by atoms with van der Waals surface area (Å²) in [7, 11) is 1.36. The zero-order valence-electron chi connectivity index (χ0n) is 16.7. The number of benzene rings is 2. The van der Waals surface area contributed by atoms with Crippen LogP contribution in [0.3, 0.4) is 0 Å². The topological polar surface area (TPSA) is 154 Å². The van der Waals surface area contributed by atoms with Gasteiger partial charge >= 0.3 is 12.1 Å². The predicted octanol–water partition coefficient (Wildman–Crippen LogP) is 1.07. The van der Waals surface area contributed by atoms with Crippen molar-refractivity contribution in [3.63, 3.8) is 0 Å². The van der Waals surface area contributed by atoms with E-state index in [0.717, 1.165) is 5.56 Å². The van der Waals surface area contributed by atoms with E-state index in [9.17, 15) is 29.4 Å². The van der Waals surface area contributed by atoms with Gasteiger partial charge in [0.1, 0.15) is 18.4 Å². The third-order valence-corrected chi connectivity index (χ3v) is 4.25. The second-order valence-electron chi connectivity index (χ2n) is 6.51. The van der Waals surface area contributed by atoms with Crippen LogP contribution < -0.4 is 16.0 Å². The van der Waals surface area contributed by atoms with Crippen molar-refractivity contribution in [3.05, 3.63) is 65.7 Å². The fourth-order valence-electron chi connectivity index (χ4n) is 2.60. The van der Waals surface area contributed by atoms with Crippen LogP contribution in [0.4, 0.5) is 4.79 Å². The van der Waals surface area contributed by atoms with Crippen molar-refractivity contribution in [1.82, 2.24) is 16.0 Å². The summed E-state index contributed by atoms with van der Waals surface area (Å²) in [5.41, 5.74) is 0.923. The highest BCUT2D eigenvalue weighted by Crippen LogP contribution is 2.17. The number of nitrogens with one attached hydrogen (secondary N) is 3. The summed E-state index contributed by atoms with van der Waals surface area (Å²) < 4.78 is 5.07. The average Bonchev–Trinajstić information content (AvgIpc) is 2.76. The third-order valence-electron chi connectivity index (χ3n) is 4.25. The van der Waals surface area contributed by atoms with Gasteiger partial charge in [0, 0.05) is 7.05 Å². The number of aliphatic carboxylic acids is 1. The molecule has 164 valence electrons. The molecular formula is C21H23N3O7. The van der Waals surface area contributed by atoms with Crippen molar-refractivity contribution in [1.29, 1.82) is 0 Å². The molecule has 0 saturated carbocycles. The SMILES string of the molecule is CNC(=O)CC(NC(=O)OCc1ccccc1)C(=O)NC(C(=O)O)c1ccc(O)cc1. The fourth-order valence-corrected chi connectivity index (χ4v) is 2.60. The Balaban J connectivity index is 2.08. The summed E-state index contributed by atoms with van der Waals surface area (Å²) in [5.74, 6) is -2.86. The molecule has 10 nitrogen and oxygen atoms in total. The van der Waals surface area contributed by atoms with Crippen LogP contribution in [-0.2, 0) is 25.7 Å². The molecule has 0 bridgehead atoms. The van der Waals surface area contributed by atoms with E-state index in [2.05, 4.69) is 16.0 Å². The Kier molecular flexibility index (Phi) is 8.38. The second kappa shape index (κ2) is 11.2. The number of carboxylic acids is 1. The van der Waals surface area contributed by atoms with Gasteiger partial charge in [-0.1, -0.05) is 42.5 Å². The monoisotopic (exact) mass is 429 g/mol. The molecule has 31 heavy (non-hydrogen) atoms. The summed E-state index contributed by atoms with van der Waals surface area (Å²) in [6.45, 7) is -0.0494. The first kappa shape index (κ1) is 23.2. The minimum Gasteiger partial charge on any atom is -0.508 e. The molecule has 2 aromatic rings. The summed E-state index contributed by atoms with van der Waals surface area (Å²) in [5, 5.41) is 25.8. The number of alkyl carbamates (subject to hydrolysis) is 1. The number of amides is 3. The summed E-state index contributed by atoms with van der Waals surface area (Å²) in [6.07, 6.45) is -1.37. The minimum atomic E-state index is -1.46. The molecule has 3 amide bonds. The van der Waals surface area contributed by atoms with E-state index in [1.165, 1.54) is 31.3 Å². The Morgan fingerprint density at radius 3 is 2.19 bits per heavy atom. The number of hydrogen-bond donors (Lipinski definition) is 5. The molecule has 0 aromatic heterocycles. The lowest BCUT2D eigenvalue weighted by atomic mass is 10.1. The number of aromatic hydroxyl groups is 1. The van der Waals surface area contributed by atoms with Gasteiger partial charge < -0.3 is 30.9 Å². The summed E-state index contributed by atoms with van der Waals surface area (Å²) in [6, 6.07) is 11.2. The molecular weight excluding hydrogens is 406 g/mol. The van der Waals surface area contributed by atoms with Crippen molar-refractivity contribution in [2.45, 2.75) is 25.1 Å². The first-order valence-corrected chi connectivity index (χ1v) is 9.30. The Morgan fingerprint density at radius 1 is 0.968 bits per heavy atom. The zero-order valence-corrected chi connectivity index (χ0v) is 16.7. The molecule has 0 aliphatic carbocycles. The Hall–Kier alpha value is -4.08. The van der Waals surface area contributed by atoms with Gasteiger partial charge in [-0.3, -0.25) is 9.59 Å². The molecule has 2 rings (SSSR count). The number of hydrogen-bond acceptors (Lipinski definition) is 6. The Morgan fingerprint density at radius 2 is 1.61 bits per heavy atom. The molecule has 10 heteroatoms. The maximum absolute atomic E-state index is 12.7. The van der Waals surface area contributed by atoms with E-state index in [4.69, 9.17) is 4.74 Å². The lowest BCUT2D eigenvalue weighted by Crippen LogP contribution is -2.50. The van der Waals surface area contributed by atoms with Crippen LogP contribution in [0.15, 0.2) is 54.6 Å². The van der Waals surface area contributed by atoms with Crippen LogP contribution in [0.2, 0.25) is 0 Å². The summed E-state index contributed by atoms with van der Waals surface area (Å²) in [4.78, 5) is 48.2. The number of carbonyl (C=O) groups excluding carboxylic acids is 3. The van der Waals surface area contributed by atoms with Crippen LogP contribution >= 0.6 is 0 Å². The van der Waals surface area contributed by atoms with Gasteiger partial charge in [-0.2, -0.15) is 0 Å². The highest BCUT2D eigenvalue weighted by molar-refractivity contribution is 5.93. The van der Waals surface area contributed by atoms with Gasteiger partial charge in [-0.05, 0) is 23.3 Å². The Bertz CT molecular complexity index is 916. The van der Waals surface area contributed by atoms with E-state index in [0.29, 0.717) is 0 Å². The molecule has 2 unspecified atom stereocenters. The maximum atomic E-state index is 12.7. The fraction of sp³-hybridized carbons (Fsp3) is 0.238. The molecule has 2 atom stereocenters. The lowest BCUT2D eigenvalue weighted by molar-refractivity contribution is -0.142. The van der Waals surface area contributed by atoms with Gasteiger partial charge in [0.2, 0.25) is 11.8 Å². The van der Waals surface area contributed by atoms with Crippen molar-refractivity contribution in [2.75, 3.05) is 7.05 Å². The number of carboxylic acid groups (broad SMARTS) is 1. The smallest absolute Gasteiger partial charge is 0.408 e. The van der Waals surface area contributed by atoms with Gasteiger partial charge in [-0.25, -0.2) is 9.59 Å². The molecule has 0 fully saturated rings. The standard InChI is InChI=1S/C21H23N3O7/c1-22-17(26)11-16(23-21(30)31-12-13-5-3-2-4-6-13)19(27)24-18(20(28)29)14-7-9-15(25)10-8-14/h2-10,16,18,25H,11-12H2,1H3,(H,22,26)(H,23,30)(H,24,27)(H,28,29). The number of phenols is 1. The molecule has 0 spiro atoms. The normalized spacial score (nSPS) is 12.2. The quantitative estimate of drug-likeness (QED) is 0.399. The van der Waals surface area contributed by atoms with Crippen LogP contribution in [0, 0.1) is 0 Å². The van der Waals surface area contributed by atoms with Crippen molar-refractivity contribution < 1.29 is 34.1 Å². The highest BCUT2D eigenvalue weighted by Gasteiger charge is 2.29. The van der Waals surface area contributed by atoms with Gasteiger partial charge in [-0.15, -0.1) is 0 Å². The second-order valence-corrected chi connectivity index (χ2v) is 6.51. The van der Waals surface area contributed by atoms with Gasteiger partial charge in [0.15, 0.2) is 6.04 Å². The van der Waals surface area contributed by atoms with Crippen LogP contribution in [0.1, 0.15) is 23.6 Å². The molecule has 5 N–H and O–H groups in total. The Labute approximate surface area is 178 Å². The van der Waals surface area contributed by atoms with E-state index >= 15 is 0 Å². The highest BCUT2D eigenvalue weighted by atomic mass is 16.5. The maximum Gasteiger partial charge on any atom is 0.408 e. The predicted molar refractivity (Wildman–Crippen MR) is 109 cm³/mol. The number of phenolic OH excluding ortho intramolecular Hbond substituents is 1. The van der Waals surface area contributed by atoms with Crippen LogP contribution in [-0.4, -0.2) is 47.2 Å². The molecule has 0 heterocycles. The van der Waals surface area contributed by atoms with Crippen molar-refractivity contribution in [2.24, 2.45) is 0 Å². The van der Waals surface area contributed by atoms with Gasteiger partial charge in [0.05, 0.1) is 6.42 Å². The number of carbonyl (C=O) groups is 4. The zero-order chi connectivity index (χ0) is 22.8. The van der Waals surface area contributed by atoms with Crippen LogP contribution in [0.5, 0.6) is 5.75 Å². The van der Waals surface area contributed by atoms with E-state index in [1.807, 2.05) is 0 Å². The van der Waals surface area contributed by atoms with Gasteiger partial charge in [0.25, 0.3) is 0 Å². The lowest BCUT2D eigenvalue weighted by Gasteiger charge is -2.21. The number of ether oxygens (including phenoxy) is 1. The third kappa shape index (κ3) is 7.35. The van der Waals surface area contributed by atoms with Crippen molar-refractivity contribution >= 4 is 23.9 Å². The number of rotatable bonds is 9. The first-order chi connectivity index (χ1) is 14.8. The summed E-state index contributed by atoms with van der Waals surface area (Å²) >= 11 is 0. The molecule has 0 aliphatic heterocycles. The van der Waals surface area contributed by atoms with Crippen molar-refractivity contribution in [3.8, 4) is 5.75 Å². The molecule has 0 radical (unpaired) electrons. The minimum absolute atomic E-state index is 0.0494. The largest absolute Gasteiger partial charge is 0.508 e. The van der Waals surface area contributed by atoms with Crippen LogP contribution in [0.25, 0.3) is 0 Å². The molecule has 0 saturated heterocycles. The first-order valence-electron chi connectivity index (χ1n) is 9.30. The molecule has 0 aliphatic rings.